The van der Waals surface area contributed by atoms with Crippen molar-refractivity contribution in [2.24, 2.45) is 5.92 Å². The Bertz CT molecular complexity index is 380. The Morgan fingerprint density at radius 1 is 1.41 bits per heavy atom. The summed E-state index contributed by atoms with van der Waals surface area (Å²) in [6, 6.07) is 0. The number of anilines is 1. The molecule has 0 aliphatic heterocycles. The van der Waals surface area contributed by atoms with Crippen LogP contribution < -0.4 is 5.73 Å². The molecular formula is C12H18IN3O. The molecule has 1 aliphatic carbocycles. The molecule has 5 heteroatoms. The molecule has 1 unspecified atom stereocenters. The van der Waals surface area contributed by atoms with E-state index in [-0.39, 0.29) is 6.10 Å². The third-order valence-electron chi connectivity index (χ3n) is 3.38. The minimum Gasteiger partial charge on any atom is -0.383 e. The average Bonchev–Trinajstić information content (AvgIpc) is 2.36. The molecule has 1 aromatic heterocycles. The molecule has 4 nitrogen and oxygen atoms in total. The molecule has 1 heterocycles. The monoisotopic (exact) mass is 347 g/mol. The number of nitrogens with zero attached hydrogens (tertiary/aromatic N) is 2. The summed E-state index contributed by atoms with van der Waals surface area (Å²) in [5, 5.41) is 0. The van der Waals surface area contributed by atoms with Crippen molar-refractivity contribution in [3.63, 3.8) is 0 Å². The number of nitrogens with two attached hydrogens (primary N) is 1. The third-order valence-corrected chi connectivity index (χ3v) is 4.21. The van der Waals surface area contributed by atoms with Gasteiger partial charge in [-0.25, -0.2) is 9.97 Å². The molecule has 17 heavy (non-hydrogen) atoms. The summed E-state index contributed by atoms with van der Waals surface area (Å²) >= 11 is 2.14. The summed E-state index contributed by atoms with van der Waals surface area (Å²) in [5.41, 5.74) is 5.83. The van der Waals surface area contributed by atoms with Crippen LogP contribution in [0.25, 0.3) is 0 Å². The van der Waals surface area contributed by atoms with Crippen molar-refractivity contribution in [2.45, 2.75) is 38.2 Å². The molecule has 0 bridgehead atoms. The van der Waals surface area contributed by atoms with Gasteiger partial charge in [0.25, 0.3) is 0 Å². The summed E-state index contributed by atoms with van der Waals surface area (Å²) in [5.74, 6) is 1.82. The number of nitrogen functional groups attached to an aromatic ring is 1. The van der Waals surface area contributed by atoms with Crippen LogP contribution in [0.3, 0.4) is 0 Å². The Kier molecular flexibility index (Phi) is 4.55. The number of aromatic nitrogens is 2. The summed E-state index contributed by atoms with van der Waals surface area (Å²) < 4.78 is 6.48. The molecule has 0 saturated heterocycles. The van der Waals surface area contributed by atoms with Crippen molar-refractivity contribution in [3.05, 3.63) is 15.6 Å². The van der Waals surface area contributed by atoms with Crippen LogP contribution in [0.4, 0.5) is 5.82 Å². The van der Waals surface area contributed by atoms with E-state index in [9.17, 15) is 0 Å². The first kappa shape index (κ1) is 13.0. The van der Waals surface area contributed by atoms with Gasteiger partial charge in [-0.3, -0.25) is 0 Å². The molecule has 0 spiro atoms. The van der Waals surface area contributed by atoms with Crippen molar-refractivity contribution in [2.75, 3.05) is 12.8 Å². The van der Waals surface area contributed by atoms with Gasteiger partial charge in [-0.15, -0.1) is 0 Å². The number of methoxy groups -OCH3 is 1. The van der Waals surface area contributed by atoms with E-state index in [0.717, 1.165) is 9.39 Å². The predicted octanol–water partition coefficient (Wildman–Crippen LogP) is 2.93. The zero-order valence-electron chi connectivity index (χ0n) is 10.0. The van der Waals surface area contributed by atoms with E-state index in [0.29, 0.717) is 11.7 Å². The van der Waals surface area contributed by atoms with Gasteiger partial charge in [-0.05, 0) is 41.4 Å². The van der Waals surface area contributed by atoms with E-state index in [4.69, 9.17) is 10.5 Å². The first-order valence-corrected chi connectivity index (χ1v) is 7.11. The van der Waals surface area contributed by atoms with Gasteiger partial charge >= 0.3 is 0 Å². The number of halogens is 1. The van der Waals surface area contributed by atoms with E-state index in [2.05, 4.69) is 32.6 Å². The van der Waals surface area contributed by atoms with Crippen LogP contribution in [0.1, 0.15) is 44.0 Å². The highest BCUT2D eigenvalue weighted by atomic mass is 127. The average molecular weight is 347 g/mol. The van der Waals surface area contributed by atoms with Crippen LogP contribution in [-0.4, -0.2) is 17.1 Å². The van der Waals surface area contributed by atoms with Crippen LogP contribution in [0.2, 0.25) is 0 Å². The minimum absolute atomic E-state index is 0.00500. The summed E-state index contributed by atoms with van der Waals surface area (Å²) in [7, 11) is 1.73. The molecule has 0 amide bonds. The summed E-state index contributed by atoms with van der Waals surface area (Å²) in [6.07, 6.45) is 8.07. The molecule has 1 aliphatic rings. The van der Waals surface area contributed by atoms with Crippen molar-refractivity contribution >= 4 is 28.4 Å². The maximum Gasteiger partial charge on any atom is 0.159 e. The highest BCUT2D eigenvalue weighted by Crippen LogP contribution is 2.35. The number of hydrogen-bond acceptors (Lipinski definition) is 4. The zero-order valence-corrected chi connectivity index (χ0v) is 12.2. The van der Waals surface area contributed by atoms with Crippen LogP contribution in [0.15, 0.2) is 6.20 Å². The maximum absolute atomic E-state index is 5.83. The van der Waals surface area contributed by atoms with Crippen molar-refractivity contribution in [1.29, 1.82) is 0 Å². The molecule has 1 atom stereocenters. The number of hydrogen-bond donors (Lipinski definition) is 1. The lowest BCUT2D eigenvalue weighted by molar-refractivity contribution is 0.0290. The second kappa shape index (κ2) is 5.95. The predicted molar refractivity (Wildman–Crippen MR) is 75.5 cm³/mol. The SMILES string of the molecule is COC(c1ncc(I)c(N)n1)C1CCCCC1. The highest BCUT2D eigenvalue weighted by Gasteiger charge is 2.27. The second-order valence-corrected chi connectivity index (χ2v) is 5.68. The lowest BCUT2D eigenvalue weighted by Gasteiger charge is -2.28. The second-order valence-electron chi connectivity index (χ2n) is 4.52. The molecule has 0 aromatic carbocycles. The normalized spacial score (nSPS) is 19.2. The van der Waals surface area contributed by atoms with Crippen LogP contribution >= 0.6 is 22.6 Å². The molecule has 2 rings (SSSR count). The first-order chi connectivity index (χ1) is 8.22. The number of rotatable bonds is 3. The Morgan fingerprint density at radius 3 is 2.71 bits per heavy atom. The zero-order chi connectivity index (χ0) is 12.3. The molecular weight excluding hydrogens is 329 g/mol. The van der Waals surface area contributed by atoms with Gasteiger partial charge < -0.3 is 10.5 Å². The van der Waals surface area contributed by atoms with Gasteiger partial charge in [0.05, 0.1) is 3.57 Å². The van der Waals surface area contributed by atoms with Gasteiger partial charge in [0.1, 0.15) is 11.9 Å². The highest BCUT2D eigenvalue weighted by molar-refractivity contribution is 14.1. The van der Waals surface area contributed by atoms with Crippen LogP contribution in [0.5, 0.6) is 0 Å². The Hall–Kier alpha value is -0.430. The van der Waals surface area contributed by atoms with Gasteiger partial charge in [-0.2, -0.15) is 0 Å². The van der Waals surface area contributed by atoms with Crippen molar-refractivity contribution < 1.29 is 4.74 Å². The smallest absolute Gasteiger partial charge is 0.159 e. The lowest BCUT2D eigenvalue weighted by Crippen LogP contribution is -2.20. The largest absolute Gasteiger partial charge is 0.383 e. The molecule has 94 valence electrons. The Morgan fingerprint density at radius 2 is 2.12 bits per heavy atom. The fraction of sp³-hybridized carbons (Fsp3) is 0.667. The standard InChI is InChI=1S/C12H18IN3O/c1-17-10(8-5-3-2-4-6-8)12-15-7-9(13)11(14)16-12/h7-8,10H,2-6H2,1H3,(H2,14,15,16). The summed E-state index contributed by atoms with van der Waals surface area (Å²) in [6.45, 7) is 0. The quantitative estimate of drug-likeness (QED) is 0.854. The maximum atomic E-state index is 5.83. The van der Waals surface area contributed by atoms with E-state index in [1.165, 1.54) is 32.1 Å². The molecule has 1 saturated carbocycles. The van der Waals surface area contributed by atoms with Gasteiger partial charge in [-0.1, -0.05) is 19.3 Å². The minimum atomic E-state index is -0.00500. The Balaban J connectivity index is 2.18. The fourth-order valence-electron chi connectivity index (χ4n) is 2.48. The van der Waals surface area contributed by atoms with E-state index >= 15 is 0 Å². The van der Waals surface area contributed by atoms with Crippen molar-refractivity contribution in [3.8, 4) is 0 Å². The van der Waals surface area contributed by atoms with Gasteiger partial charge in [0, 0.05) is 13.3 Å². The van der Waals surface area contributed by atoms with Gasteiger partial charge in [0.2, 0.25) is 0 Å². The molecule has 1 aromatic rings. The lowest BCUT2D eigenvalue weighted by atomic mass is 9.85. The van der Waals surface area contributed by atoms with Crippen LogP contribution in [-0.2, 0) is 4.74 Å². The van der Waals surface area contributed by atoms with Crippen molar-refractivity contribution in [1.82, 2.24) is 9.97 Å². The molecule has 1 fully saturated rings. The number of ether oxygens (including phenoxy) is 1. The molecule has 0 radical (unpaired) electrons. The van der Waals surface area contributed by atoms with Gasteiger partial charge in [0.15, 0.2) is 5.82 Å². The topological polar surface area (TPSA) is 61.0 Å². The summed E-state index contributed by atoms with van der Waals surface area (Å²) in [4.78, 5) is 8.72. The van der Waals surface area contributed by atoms with E-state index < -0.39 is 0 Å². The fourth-order valence-corrected chi connectivity index (χ4v) is 2.74. The first-order valence-electron chi connectivity index (χ1n) is 6.03. The van der Waals surface area contributed by atoms with E-state index in [1.807, 2.05) is 0 Å². The van der Waals surface area contributed by atoms with E-state index in [1.54, 1.807) is 13.3 Å². The third kappa shape index (κ3) is 3.07. The molecule has 2 N–H and O–H groups in total. The van der Waals surface area contributed by atoms with Crippen LogP contribution in [0, 0.1) is 9.49 Å². The Labute approximate surface area is 115 Å².